The maximum Gasteiger partial charge on any atom is 0.257 e. The van der Waals surface area contributed by atoms with Gasteiger partial charge < -0.3 is 10.2 Å². The summed E-state index contributed by atoms with van der Waals surface area (Å²) in [4.78, 5) is 18.2. The van der Waals surface area contributed by atoms with Crippen molar-refractivity contribution in [1.29, 1.82) is 0 Å². The normalized spacial score (nSPS) is 10.2. The van der Waals surface area contributed by atoms with Gasteiger partial charge in [0.2, 0.25) is 0 Å². The lowest BCUT2D eigenvalue weighted by atomic mass is 10.2. The predicted molar refractivity (Wildman–Crippen MR) is 83.0 cm³/mol. The van der Waals surface area contributed by atoms with E-state index >= 15 is 0 Å². The second-order valence-corrected chi connectivity index (χ2v) is 5.22. The summed E-state index contributed by atoms with van der Waals surface area (Å²) in [6.07, 6.45) is 1.59. The highest BCUT2D eigenvalue weighted by Crippen LogP contribution is 2.22. The van der Waals surface area contributed by atoms with Crippen molar-refractivity contribution in [3.63, 3.8) is 0 Å². The van der Waals surface area contributed by atoms with Gasteiger partial charge in [-0.3, -0.25) is 4.79 Å². The molecule has 104 valence electrons. The van der Waals surface area contributed by atoms with Crippen molar-refractivity contribution in [2.24, 2.45) is 0 Å². The van der Waals surface area contributed by atoms with E-state index in [2.05, 4.69) is 10.3 Å². The molecule has 1 aromatic carbocycles. The largest absolute Gasteiger partial charge is 0.363 e. The first-order valence-corrected chi connectivity index (χ1v) is 6.63. The molecule has 1 N–H and O–H groups in total. The number of hydrogen-bond donors (Lipinski definition) is 1. The van der Waals surface area contributed by atoms with Crippen molar-refractivity contribution in [1.82, 2.24) is 4.98 Å². The minimum absolute atomic E-state index is 0.322. The number of carbonyl (C=O) groups excluding carboxylic acids is 1. The van der Waals surface area contributed by atoms with Crippen LogP contribution in [0.4, 0.5) is 11.5 Å². The molecule has 0 fully saturated rings. The van der Waals surface area contributed by atoms with Gasteiger partial charge in [0.15, 0.2) is 0 Å². The van der Waals surface area contributed by atoms with Gasteiger partial charge in [0, 0.05) is 19.1 Å². The summed E-state index contributed by atoms with van der Waals surface area (Å²) >= 11 is 11.8. The summed E-state index contributed by atoms with van der Waals surface area (Å²) in [5.41, 5.74) is 0.924. The van der Waals surface area contributed by atoms with E-state index in [-0.39, 0.29) is 5.91 Å². The number of rotatable bonds is 3. The van der Waals surface area contributed by atoms with E-state index in [0.29, 0.717) is 21.3 Å². The van der Waals surface area contributed by atoms with Gasteiger partial charge in [-0.1, -0.05) is 23.2 Å². The lowest BCUT2D eigenvalue weighted by Crippen LogP contribution is -2.14. The lowest BCUT2D eigenvalue weighted by molar-refractivity contribution is 0.102. The van der Waals surface area contributed by atoms with E-state index in [1.165, 1.54) is 6.07 Å². The van der Waals surface area contributed by atoms with Gasteiger partial charge >= 0.3 is 0 Å². The molecule has 0 unspecified atom stereocenters. The van der Waals surface area contributed by atoms with Crippen LogP contribution in [0.5, 0.6) is 0 Å². The molecule has 0 aliphatic carbocycles. The standard InChI is InChI=1S/C14H13Cl2N3O/c1-19(2)13-6-4-10(8-17-13)18-14(20)11-7-9(15)3-5-12(11)16/h3-8H,1-2H3,(H,18,20). The van der Waals surface area contributed by atoms with E-state index in [4.69, 9.17) is 23.2 Å². The van der Waals surface area contributed by atoms with E-state index in [0.717, 1.165) is 5.82 Å². The van der Waals surface area contributed by atoms with E-state index < -0.39 is 0 Å². The number of carbonyl (C=O) groups is 1. The molecule has 1 heterocycles. The van der Waals surface area contributed by atoms with Crippen molar-refractivity contribution >= 4 is 40.6 Å². The number of halogens is 2. The second-order valence-electron chi connectivity index (χ2n) is 4.38. The molecule has 2 rings (SSSR count). The molecule has 2 aromatic rings. The van der Waals surface area contributed by atoms with Gasteiger partial charge in [-0.15, -0.1) is 0 Å². The number of aromatic nitrogens is 1. The van der Waals surface area contributed by atoms with Crippen LogP contribution in [0.3, 0.4) is 0 Å². The molecule has 0 saturated carbocycles. The maximum absolute atomic E-state index is 12.1. The quantitative estimate of drug-likeness (QED) is 0.940. The van der Waals surface area contributed by atoms with Gasteiger partial charge in [0.05, 0.1) is 22.5 Å². The molecule has 4 nitrogen and oxygen atoms in total. The summed E-state index contributed by atoms with van der Waals surface area (Å²) in [6.45, 7) is 0. The Hall–Kier alpha value is -1.78. The third kappa shape index (κ3) is 3.40. The van der Waals surface area contributed by atoms with Crippen LogP contribution < -0.4 is 10.2 Å². The molecule has 1 aromatic heterocycles. The Labute approximate surface area is 127 Å². The molecule has 20 heavy (non-hydrogen) atoms. The number of benzene rings is 1. The number of pyridine rings is 1. The van der Waals surface area contributed by atoms with Crippen molar-refractivity contribution in [3.05, 3.63) is 52.1 Å². The molecule has 0 spiro atoms. The van der Waals surface area contributed by atoms with Crippen LogP contribution >= 0.6 is 23.2 Å². The molecule has 0 saturated heterocycles. The van der Waals surface area contributed by atoms with Gasteiger partial charge in [0.1, 0.15) is 5.82 Å². The van der Waals surface area contributed by atoms with Crippen LogP contribution in [0.25, 0.3) is 0 Å². The Balaban J connectivity index is 2.17. The first-order valence-electron chi connectivity index (χ1n) is 5.87. The average molecular weight is 310 g/mol. The maximum atomic E-state index is 12.1. The van der Waals surface area contributed by atoms with Crippen LogP contribution in [-0.4, -0.2) is 25.0 Å². The molecule has 0 aliphatic rings. The van der Waals surface area contributed by atoms with Crippen LogP contribution in [0.1, 0.15) is 10.4 Å². The van der Waals surface area contributed by atoms with Gasteiger partial charge in [-0.2, -0.15) is 0 Å². The van der Waals surface area contributed by atoms with Crippen LogP contribution in [-0.2, 0) is 0 Å². The number of nitrogens with one attached hydrogen (secondary N) is 1. The molecule has 1 amide bonds. The zero-order valence-corrected chi connectivity index (χ0v) is 12.5. The highest BCUT2D eigenvalue weighted by Gasteiger charge is 2.11. The van der Waals surface area contributed by atoms with Crippen molar-refractivity contribution < 1.29 is 4.79 Å². The Morgan fingerprint density at radius 2 is 1.95 bits per heavy atom. The van der Waals surface area contributed by atoms with E-state index in [1.54, 1.807) is 24.4 Å². The van der Waals surface area contributed by atoms with Gasteiger partial charge in [-0.25, -0.2) is 4.98 Å². The van der Waals surface area contributed by atoms with E-state index in [9.17, 15) is 4.79 Å². The van der Waals surface area contributed by atoms with Gasteiger partial charge in [-0.05, 0) is 30.3 Å². The summed E-state index contributed by atoms with van der Waals surface area (Å²) in [6, 6.07) is 8.34. The number of hydrogen-bond acceptors (Lipinski definition) is 3. The third-order valence-electron chi connectivity index (χ3n) is 2.64. The molecule has 0 radical (unpaired) electrons. The first-order chi connectivity index (χ1) is 9.47. The van der Waals surface area contributed by atoms with Crippen LogP contribution in [0, 0.1) is 0 Å². The smallest absolute Gasteiger partial charge is 0.257 e. The number of amides is 1. The van der Waals surface area contributed by atoms with Crippen LogP contribution in [0.2, 0.25) is 10.0 Å². The summed E-state index contributed by atoms with van der Waals surface area (Å²) in [5, 5.41) is 3.54. The SMILES string of the molecule is CN(C)c1ccc(NC(=O)c2cc(Cl)ccc2Cl)cn1. The minimum atomic E-state index is -0.322. The fourth-order valence-electron chi connectivity index (χ4n) is 1.59. The zero-order valence-electron chi connectivity index (χ0n) is 11.0. The topological polar surface area (TPSA) is 45.2 Å². The molecule has 0 atom stereocenters. The molecular weight excluding hydrogens is 297 g/mol. The zero-order chi connectivity index (χ0) is 14.7. The summed E-state index contributed by atoms with van der Waals surface area (Å²) in [5.74, 6) is 0.487. The third-order valence-corrected chi connectivity index (χ3v) is 3.20. The Bertz CT molecular complexity index is 627. The minimum Gasteiger partial charge on any atom is -0.363 e. The molecule has 6 heteroatoms. The van der Waals surface area contributed by atoms with E-state index in [1.807, 2.05) is 25.1 Å². The predicted octanol–water partition coefficient (Wildman–Crippen LogP) is 3.71. The Kier molecular flexibility index (Phi) is 4.47. The highest BCUT2D eigenvalue weighted by molar-refractivity contribution is 6.36. The van der Waals surface area contributed by atoms with Crippen LogP contribution in [0.15, 0.2) is 36.5 Å². The molecular formula is C14H13Cl2N3O. The average Bonchev–Trinajstić information content (AvgIpc) is 2.42. The summed E-state index contributed by atoms with van der Waals surface area (Å²) in [7, 11) is 3.79. The first kappa shape index (κ1) is 14.6. The lowest BCUT2D eigenvalue weighted by Gasteiger charge is -2.12. The fraction of sp³-hybridized carbons (Fsp3) is 0.143. The van der Waals surface area contributed by atoms with Crippen molar-refractivity contribution in [3.8, 4) is 0 Å². The molecule has 0 bridgehead atoms. The highest BCUT2D eigenvalue weighted by atomic mass is 35.5. The van der Waals surface area contributed by atoms with Crippen molar-refractivity contribution in [2.75, 3.05) is 24.3 Å². The van der Waals surface area contributed by atoms with Crippen molar-refractivity contribution in [2.45, 2.75) is 0 Å². The second kappa shape index (κ2) is 6.11. The number of anilines is 2. The fourth-order valence-corrected chi connectivity index (χ4v) is 1.97. The monoisotopic (exact) mass is 309 g/mol. The Morgan fingerprint density at radius 1 is 1.20 bits per heavy atom. The summed E-state index contributed by atoms with van der Waals surface area (Å²) < 4.78 is 0. The molecule has 0 aliphatic heterocycles. The van der Waals surface area contributed by atoms with Gasteiger partial charge in [0.25, 0.3) is 5.91 Å². The Morgan fingerprint density at radius 3 is 2.55 bits per heavy atom. The number of nitrogens with zero attached hydrogens (tertiary/aromatic N) is 2.